The Labute approximate surface area is 123 Å². The molecule has 3 rings (SSSR count). The predicted octanol–water partition coefficient (Wildman–Crippen LogP) is 3.92. The van der Waals surface area contributed by atoms with Gasteiger partial charge in [0.05, 0.1) is 0 Å². The number of benzene rings is 2. The van der Waals surface area contributed by atoms with Gasteiger partial charge in [-0.2, -0.15) is 0 Å². The van der Waals surface area contributed by atoms with Gasteiger partial charge in [0.25, 0.3) is 0 Å². The first-order valence-electron chi connectivity index (χ1n) is 6.77. The summed E-state index contributed by atoms with van der Waals surface area (Å²) in [5.74, 6) is 0.653. The number of halogens is 1. The van der Waals surface area contributed by atoms with Crippen molar-refractivity contribution in [2.75, 3.05) is 7.05 Å². The summed E-state index contributed by atoms with van der Waals surface area (Å²) < 4.78 is 1.16. The Bertz CT molecular complexity index is 579. The van der Waals surface area contributed by atoms with E-state index in [0.717, 1.165) is 10.9 Å². The van der Waals surface area contributed by atoms with Crippen LogP contribution in [0.15, 0.2) is 53.0 Å². The first-order valence-corrected chi connectivity index (χ1v) is 7.56. The minimum Gasteiger partial charge on any atom is -0.316 e. The van der Waals surface area contributed by atoms with Crippen molar-refractivity contribution < 1.29 is 0 Å². The highest BCUT2D eigenvalue weighted by molar-refractivity contribution is 9.10. The summed E-state index contributed by atoms with van der Waals surface area (Å²) in [7, 11) is 2.07. The van der Waals surface area contributed by atoms with Gasteiger partial charge in [0.15, 0.2) is 0 Å². The maximum absolute atomic E-state index is 3.55. The molecule has 0 amide bonds. The summed E-state index contributed by atoms with van der Waals surface area (Å²) in [5, 5.41) is 3.50. The molecule has 0 bridgehead atoms. The molecule has 0 radical (unpaired) electrons. The van der Waals surface area contributed by atoms with Gasteiger partial charge in [-0.25, -0.2) is 0 Å². The first kappa shape index (κ1) is 12.9. The molecule has 1 nitrogen and oxygen atoms in total. The molecule has 0 saturated carbocycles. The van der Waals surface area contributed by atoms with E-state index in [1.165, 1.54) is 23.1 Å². The van der Waals surface area contributed by atoms with Gasteiger partial charge >= 0.3 is 0 Å². The van der Waals surface area contributed by atoms with E-state index in [0.29, 0.717) is 12.0 Å². The average Bonchev–Trinajstić information content (AvgIpc) is 2.39. The molecule has 2 aromatic carbocycles. The van der Waals surface area contributed by atoms with Crippen LogP contribution in [0.3, 0.4) is 0 Å². The van der Waals surface area contributed by atoms with Crippen LogP contribution in [0.5, 0.6) is 0 Å². The lowest BCUT2D eigenvalue weighted by Gasteiger charge is -2.36. The molecule has 0 fully saturated rings. The zero-order valence-corrected chi connectivity index (χ0v) is 12.7. The number of hydrogen-bond donors (Lipinski definition) is 1. The van der Waals surface area contributed by atoms with Gasteiger partial charge in [0, 0.05) is 16.4 Å². The summed E-state index contributed by atoms with van der Waals surface area (Å²) in [6, 6.07) is 17.9. The Morgan fingerprint density at radius 2 is 2.05 bits per heavy atom. The Hall–Kier alpha value is -1.12. The molecule has 0 spiro atoms. The Morgan fingerprint density at radius 3 is 2.79 bits per heavy atom. The van der Waals surface area contributed by atoms with Crippen LogP contribution in [0.4, 0.5) is 0 Å². The fourth-order valence-corrected chi connectivity index (χ4v) is 3.47. The largest absolute Gasteiger partial charge is 0.316 e. The number of likely N-dealkylation sites (N-methyl/N-ethyl adjacent to an activating group) is 1. The summed E-state index contributed by atoms with van der Waals surface area (Å²) in [5.41, 5.74) is 4.43. The van der Waals surface area contributed by atoms with Gasteiger partial charge in [-0.1, -0.05) is 52.3 Å². The SMILES string of the molecule is CNC(Cc1cccc(Br)c1)C1Cc2ccccc21. The van der Waals surface area contributed by atoms with Crippen LogP contribution >= 0.6 is 15.9 Å². The summed E-state index contributed by atoms with van der Waals surface area (Å²) >= 11 is 3.55. The van der Waals surface area contributed by atoms with Crippen molar-refractivity contribution in [3.8, 4) is 0 Å². The lowest BCUT2D eigenvalue weighted by atomic mass is 9.72. The van der Waals surface area contributed by atoms with Gasteiger partial charge in [-0.05, 0) is 48.7 Å². The van der Waals surface area contributed by atoms with E-state index < -0.39 is 0 Å². The molecule has 2 atom stereocenters. The van der Waals surface area contributed by atoms with Crippen molar-refractivity contribution in [2.24, 2.45) is 0 Å². The normalized spacial score (nSPS) is 18.5. The molecule has 0 aliphatic heterocycles. The van der Waals surface area contributed by atoms with E-state index >= 15 is 0 Å². The van der Waals surface area contributed by atoms with E-state index in [4.69, 9.17) is 0 Å². The topological polar surface area (TPSA) is 12.0 Å². The van der Waals surface area contributed by atoms with Gasteiger partial charge in [-0.3, -0.25) is 0 Å². The Kier molecular flexibility index (Phi) is 3.72. The third-order valence-corrected chi connectivity index (χ3v) is 4.59. The molecule has 2 unspecified atom stereocenters. The van der Waals surface area contributed by atoms with Crippen LogP contribution in [-0.4, -0.2) is 13.1 Å². The standard InChI is InChI=1S/C17H18BrN/c1-19-17(10-12-5-4-7-14(18)9-12)16-11-13-6-2-3-8-15(13)16/h2-9,16-17,19H,10-11H2,1H3. The highest BCUT2D eigenvalue weighted by Gasteiger charge is 2.31. The maximum Gasteiger partial charge on any atom is 0.0178 e. The second kappa shape index (κ2) is 5.48. The number of rotatable bonds is 4. The molecule has 1 aliphatic carbocycles. The van der Waals surface area contributed by atoms with Crippen LogP contribution in [0.2, 0.25) is 0 Å². The predicted molar refractivity (Wildman–Crippen MR) is 83.6 cm³/mol. The molecule has 0 aromatic heterocycles. The highest BCUT2D eigenvalue weighted by Crippen LogP contribution is 2.38. The monoisotopic (exact) mass is 315 g/mol. The van der Waals surface area contributed by atoms with E-state index in [-0.39, 0.29) is 0 Å². The minimum atomic E-state index is 0.518. The molecule has 2 heteroatoms. The van der Waals surface area contributed by atoms with Gasteiger partial charge in [0.1, 0.15) is 0 Å². The van der Waals surface area contributed by atoms with E-state index in [2.05, 4.69) is 76.8 Å². The van der Waals surface area contributed by atoms with Gasteiger partial charge in [0.2, 0.25) is 0 Å². The molecule has 98 valence electrons. The molecular formula is C17H18BrN. The number of fused-ring (bicyclic) bond motifs is 1. The van der Waals surface area contributed by atoms with E-state index in [1.54, 1.807) is 0 Å². The fourth-order valence-electron chi connectivity index (χ4n) is 3.02. The maximum atomic E-state index is 3.55. The van der Waals surface area contributed by atoms with Crippen molar-refractivity contribution in [1.29, 1.82) is 0 Å². The van der Waals surface area contributed by atoms with Crippen LogP contribution < -0.4 is 5.32 Å². The lowest BCUT2D eigenvalue weighted by Crippen LogP contribution is -2.39. The van der Waals surface area contributed by atoms with E-state index in [1.807, 2.05) is 0 Å². The average molecular weight is 316 g/mol. The summed E-state index contributed by atoms with van der Waals surface area (Å²) in [6.45, 7) is 0. The molecule has 19 heavy (non-hydrogen) atoms. The van der Waals surface area contributed by atoms with Crippen LogP contribution in [0.1, 0.15) is 22.6 Å². The summed E-state index contributed by atoms with van der Waals surface area (Å²) in [6.07, 6.45) is 2.28. The second-order valence-corrected chi connectivity index (χ2v) is 6.15. The zero-order valence-electron chi connectivity index (χ0n) is 11.1. The molecule has 1 N–H and O–H groups in total. The zero-order chi connectivity index (χ0) is 13.2. The smallest absolute Gasteiger partial charge is 0.0178 e. The minimum absolute atomic E-state index is 0.518. The van der Waals surface area contributed by atoms with Crippen molar-refractivity contribution in [2.45, 2.75) is 24.8 Å². The molecule has 0 heterocycles. The van der Waals surface area contributed by atoms with Crippen molar-refractivity contribution in [3.05, 3.63) is 69.7 Å². The second-order valence-electron chi connectivity index (χ2n) is 5.24. The van der Waals surface area contributed by atoms with Crippen molar-refractivity contribution in [1.82, 2.24) is 5.32 Å². The van der Waals surface area contributed by atoms with Crippen LogP contribution in [0, 0.1) is 0 Å². The number of hydrogen-bond acceptors (Lipinski definition) is 1. The molecule has 1 aliphatic rings. The highest BCUT2D eigenvalue weighted by atomic mass is 79.9. The molecule has 2 aromatic rings. The Morgan fingerprint density at radius 1 is 1.21 bits per heavy atom. The van der Waals surface area contributed by atoms with Gasteiger partial charge < -0.3 is 5.32 Å². The lowest BCUT2D eigenvalue weighted by molar-refractivity contribution is 0.422. The van der Waals surface area contributed by atoms with Crippen molar-refractivity contribution >= 4 is 15.9 Å². The fraction of sp³-hybridized carbons (Fsp3) is 0.294. The van der Waals surface area contributed by atoms with E-state index in [9.17, 15) is 0 Å². The third kappa shape index (κ3) is 2.60. The van der Waals surface area contributed by atoms with Gasteiger partial charge in [-0.15, -0.1) is 0 Å². The van der Waals surface area contributed by atoms with Crippen LogP contribution in [0.25, 0.3) is 0 Å². The summed E-state index contributed by atoms with van der Waals surface area (Å²) in [4.78, 5) is 0. The Balaban J connectivity index is 1.76. The van der Waals surface area contributed by atoms with Crippen LogP contribution in [-0.2, 0) is 12.8 Å². The van der Waals surface area contributed by atoms with Crippen molar-refractivity contribution in [3.63, 3.8) is 0 Å². The number of nitrogens with one attached hydrogen (secondary N) is 1. The third-order valence-electron chi connectivity index (χ3n) is 4.10. The molecule has 0 saturated heterocycles. The first-order chi connectivity index (χ1) is 9.28. The molecular weight excluding hydrogens is 298 g/mol. The quantitative estimate of drug-likeness (QED) is 0.901.